The van der Waals surface area contributed by atoms with E-state index in [2.05, 4.69) is 83.4 Å². The first-order chi connectivity index (χ1) is 13.6. The molecular formula is C23H23BrN2O2S. The number of hydrogen-bond donors (Lipinski definition) is 1. The molecule has 1 N–H and O–H groups in total. The van der Waals surface area contributed by atoms with Gasteiger partial charge in [0.05, 0.1) is 16.1 Å². The number of benzene rings is 2. The Labute approximate surface area is 185 Å². The van der Waals surface area contributed by atoms with Gasteiger partial charge in [-0.1, -0.05) is 36.0 Å². The van der Waals surface area contributed by atoms with Crippen molar-refractivity contribution in [1.82, 2.24) is 0 Å². The SMILES string of the molecule is CN1/C(=C/c2cc[n+](CCCCC(=O)O)c3ccccc23)Sc2ccccc21.[Br-]. The van der Waals surface area contributed by atoms with Crippen LogP contribution >= 0.6 is 11.8 Å². The number of halogens is 1. The number of thioether (sulfide) groups is 1. The van der Waals surface area contributed by atoms with Crippen LogP contribution in [0.25, 0.3) is 17.0 Å². The van der Waals surface area contributed by atoms with Crippen LogP contribution in [0, 0.1) is 0 Å². The van der Waals surface area contributed by atoms with Crippen molar-refractivity contribution in [1.29, 1.82) is 0 Å². The molecule has 150 valence electrons. The molecule has 1 aliphatic rings. The van der Waals surface area contributed by atoms with E-state index < -0.39 is 5.97 Å². The summed E-state index contributed by atoms with van der Waals surface area (Å²) >= 11 is 1.80. The fourth-order valence-corrected chi connectivity index (χ4v) is 4.67. The number of anilines is 1. The van der Waals surface area contributed by atoms with Gasteiger partial charge in [-0.15, -0.1) is 0 Å². The van der Waals surface area contributed by atoms with Crippen molar-refractivity contribution in [2.75, 3.05) is 11.9 Å². The Morgan fingerprint density at radius 2 is 1.86 bits per heavy atom. The van der Waals surface area contributed by atoms with Crippen molar-refractivity contribution in [2.24, 2.45) is 0 Å². The molecule has 0 fully saturated rings. The lowest BCUT2D eigenvalue weighted by Gasteiger charge is -2.13. The smallest absolute Gasteiger partial charge is 0.303 e. The third-order valence-corrected chi connectivity index (χ3v) is 6.21. The molecule has 0 unspecified atom stereocenters. The number of carbonyl (C=O) groups is 1. The fourth-order valence-electron chi connectivity index (χ4n) is 3.57. The zero-order valence-corrected chi connectivity index (χ0v) is 18.6. The highest BCUT2D eigenvalue weighted by Gasteiger charge is 2.22. The number of aromatic nitrogens is 1. The Balaban J connectivity index is 0.00000240. The van der Waals surface area contributed by atoms with Gasteiger partial charge in [-0.2, -0.15) is 4.57 Å². The summed E-state index contributed by atoms with van der Waals surface area (Å²) in [5.74, 6) is -0.726. The van der Waals surface area contributed by atoms with Crippen LogP contribution in [-0.4, -0.2) is 18.1 Å². The van der Waals surface area contributed by atoms with Gasteiger partial charge in [0.2, 0.25) is 5.52 Å². The number of para-hydroxylation sites is 2. The fraction of sp³-hybridized carbons (Fsp3) is 0.217. The minimum absolute atomic E-state index is 0. The molecular weight excluding hydrogens is 448 g/mol. The highest BCUT2D eigenvalue weighted by atomic mass is 79.9. The minimum atomic E-state index is -0.726. The summed E-state index contributed by atoms with van der Waals surface area (Å²) in [6.45, 7) is 0.824. The first kappa shape index (κ1) is 21.4. The predicted molar refractivity (Wildman–Crippen MR) is 114 cm³/mol. The third-order valence-electron chi connectivity index (χ3n) is 5.05. The minimum Gasteiger partial charge on any atom is -1.00 e. The molecule has 4 rings (SSSR count). The maximum atomic E-state index is 10.7. The van der Waals surface area contributed by atoms with E-state index >= 15 is 0 Å². The normalized spacial score (nSPS) is 14.1. The highest BCUT2D eigenvalue weighted by molar-refractivity contribution is 8.03. The Bertz CT molecular complexity index is 1070. The van der Waals surface area contributed by atoms with Crippen LogP contribution in [0.4, 0.5) is 5.69 Å². The summed E-state index contributed by atoms with van der Waals surface area (Å²) in [6.07, 6.45) is 6.15. The second-order valence-corrected chi connectivity index (χ2v) is 8.01. The molecule has 0 saturated carbocycles. The molecule has 0 spiro atoms. The number of fused-ring (bicyclic) bond motifs is 2. The topological polar surface area (TPSA) is 44.4 Å². The van der Waals surface area contributed by atoms with E-state index in [1.807, 2.05) is 0 Å². The number of hydrogen-bond acceptors (Lipinski definition) is 3. The molecule has 6 heteroatoms. The molecule has 0 radical (unpaired) electrons. The van der Waals surface area contributed by atoms with E-state index in [4.69, 9.17) is 5.11 Å². The standard InChI is InChI=1S/C23H22N2O2S.BrH/c1-24-20-10-4-5-11-21(20)28-22(24)16-17-13-15-25(14-7-6-12-23(26)27)19-9-3-2-8-18(17)19;/h2-5,8-11,13,15-16H,6-7,12,14H2,1H3;1H. The molecule has 2 heterocycles. The van der Waals surface area contributed by atoms with Crippen LogP contribution in [0.1, 0.15) is 24.8 Å². The summed E-state index contributed by atoms with van der Waals surface area (Å²) in [5, 5.41) is 11.2. The van der Waals surface area contributed by atoms with E-state index in [1.54, 1.807) is 11.8 Å². The molecule has 4 nitrogen and oxygen atoms in total. The average molecular weight is 471 g/mol. The van der Waals surface area contributed by atoms with Crippen molar-refractivity contribution in [3.8, 4) is 0 Å². The van der Waals surface area contributed by atoms with Gasteiger partial charge in [0, 0.05) is 36.9 Å². The van der Waals surface area contributed by atoms with E-state index in [1.165, 1.54) is 32.1 Å². The van der Waals surface area contributed by atoms with Crippen LogP contribution in [-0.2, 0) is 11.3 Å². The molecule has 3 aromatic rings. The number of aliphatic carboxylic acids is 1. The monoisotopic (exact) mass is 470 g/mol. The van der Waals surface area contributed by atoms with E-state index in [-0.39, 0.29) is 23.4 Å². The second-order valence-electron chi connectivity index (χ2n) is 6.94. The molecule has 2 aromatic carbocycles. The van der Waals surface area contributed by atoms with Crippen molar-refractivity contribution >= 4 is 40.4 Å². The Morgan fingerprint density at radius 3 is 2.66 bits per heavy atom. The van der Waals surface area contributed by atoms with Crippen molar-refractivity contribution in [3.05, 3.63) is 71.4 Å². The summed E-state index contributed by atoms with van der Waals surface area (Å²) in [7, 11) is 2.11. The van der Waals surface area contributed by atoms with Crippen LogP contribution < -0.4 is 26.4 Å². The van der Waals surface area contributed by atoms with Gasteiger partial charge >= 0.3 is 5.97 Å². The Morgan fingerprint density at radius 1 is 1.10 bits per heavy atom. The lowest BCUT2D eigenvalue weighted by Crippen LogP contribution is -3.00. The van der Waals surface area contributed by atoms with Crippen molar-refractivity contribution < 1.29 is 31.4 Å². The summed E-state index contributed by atoms with van der Waals surface area (Å²) in [4.78, 5) is 14.2. The van der Waals surface area contributed by atoms with Gasteiger partial charge in [0.15, 0.2) is 6.20 Å². The first-order valence-electron chi connectivity index (χ1n) is 9.49. The molecule has 29 heavy (non-hydrogen) atoms. The molecule has 0 aliphatic carbocycles. The Kier molecular flexibility index (Phi) is 6.98. The number of carboxylic acids is 1. The molecule has 1 aromatic heterocycles. The lowest BCUT2D eigenvalue weighted by atomic mass is 10.1. The zero-order valence-electron chi connectivity index (χ0n) is 16.2. The van der Waals surface area contributed by atoms with E-state index in [0.29, 0.717) is 6.42 Å². The van der Waals surface area contributed by atoms with Crippen molar-refractivity contribution in [2.45, 2.75) is 30.7 Å². The van der Waals surface area contributed by atoms with Gasteiger partial charge in [-0.3, -0.25) is 4.79 Å². The molecule has 0 amide bonds. The van der Waals surface area contributed by atoms with Gasteiger partial charge in [-0.25, -0.2) is 0 Å². The largest absolute Gasteiger partial charge is 1.00 e. The number of carboxylic acid groups (broad SMARTS) is 1. The summed E-state index contributed by atoms with van der Waals surface area (Å²) < 4.78 is 2.22. The highest BCUT2D eigenvalue weighted by Crippen LogP contribution is 2.45. The molecule has 0 atom stereocenters. The van der Waals surface area contributed by atoms with Gasteiger partial charge in [0.25, 0.3) is 0 Å². The summed E-state index contributed by atoms with van der Waals surface area (Å²) in [5.41, 5.74) is 3.61. The molecule has 0 saturated heterocycles. The zero-order chi connectivity index (χ0) is 19.5. The Hall–Kier alpha value is -2.31. The second kappa shape index (κ2) is 9.46. The van der Waals surface area contributed by atoms with Gasteiger partial charge in [0.1, 0.15) is 6.54 Å². The van der Waals surface area contributed by atoms with Crippen LogP contribution in [0.2, 0.25) is 0 Å². The lowest BCUT2D eigenvalue weighted by molar-refractivity contribution is -0.671. The maximum absolute atomic E-state index is 10.7. The van der Waals surface area contributed by atoms with Crippen LogP contribution in [0.15, 0.2) is 70.7 Å². The maximum Gasteiger partial charge on any atom is 0.303 e. The third kappa shape index (κ3) is 4.65. The number of rotatable bonds is 6. The van der Waals surface area contributed by atoms with Gasteiger partial charge in [-0.05, 0) is 36.3 Å². The van der Waals surface area contributed by atoms with Crippen molar-refractivity contribution in [3.63, 3.8) is 0 Å². The quantitative estimate of drug-likeness (QED) is 0.441. The summed E-state index contributed by atoms with van der Waals surface area (Å²) in [6, 6.07) is 19.0. The first-order valence-corrected chi connectivity index (χ1v) is 10.3. The number of nitrogens with zero attached hydrogens (tertiary/aromatic N) is 2. The average Bonchev–Trinajstić information content (AvgIpc) is 3.02. The number of aryl methyl sites for hydroxylation is 1. The molecule has 0 bridgehead atoms. The number of pyridine rings is 1. The van der Waals surface area contributed by atoms with E-state index in [9.17, 15) is 4.79 Å². The predicted octanol–water partition coefficient (Wildman–Crippen LogP) is 1.93. The number of unbranched alkanes of at least 4 members (excludes halogenated alkanes) is 1. The van der Waals surface area contributed by atoms with Gasteiger partial charge < -0.3 is 27.0 Å². The molecule has 1 aliphatic heterocycles. The van der Waals surface area contributed by atoms with Crippen LogP contribution in [0.3, 0.4) is 0 Å². The van der Waals surface area contributed by atoms with Crippen LogP contribution in [0.5, 0.6) is 0 Å². The van der Waals surface area contributed by atoms with E-state index in [0.717, 1.165) is 13.0 Å².